The Kier molecular flexibility index (Phi) is 7.15. The van der Waals surface area contributed by atoms with Crippen molar-refractivity contribution in [1.82, 2.24) is 14.8 Å². The Morgan fingerprint density at radius 2 is 1.63 bits per heavy atom. The van der Waals surface area contributed by atoms with E-state index in [1.54, 1.807) is 7.11 Å². The van der Waals surface area contributed by atoms with Crippen molar-refractivity contribution in [3.8, 4) is 5.75 Å². The Morgan fingerprint density at radius 1 is 0.914 bits per heavy atom. The van der Waals surface area contributed by atoms with Gasteiger partial charge in [0.15, 0.2) is 0 Å². The molecule has 0 radical (unpaired) electrons. The van der Waals surface area contributed by atoms with E-state index in [9.17, 15) is 4.79 Å². The van der Waals surface area contributed by atoms with Crippen LogP contribution in [0.2, 0.25) is 0 Å². The van der Waals surface area contributed by atoms with Crippen molar-refractivity contribution in [2.45, 2.75) is 32.5 Å². The number of aromatic nitrogens is 1. The van der Waals surface area contributed by atoms with Crippen molar-refractivity contribution in [3.63, 3.8) is 0 Å². The fourth-order valence-corrected chi connectivity index (χ4v) is 5.11. The molecular weight excluding hydrogens is 434 g/mol. The van der Waals surface area contributed by atoms with E-state index in [0.29, 0.717) is 6.54 Å². The first-order valence-electron chi connectivity index (χ1n) is 12.4. The molecule has 1 saturated heterocycles. The van der Waals surface area contributed by atoms with Gasteiger partial charge in [0.1, 0.15) is 5.75 Å². The van der Waals surface area contributed by atoms with E-state index in [0.717, 1.165) is 50.3 Å². The average Bonchev–Trinajstić information content (AvgIpc) is 3.25. The van der Waals surface area contributed by atoms with Gasteiger partial charge in [-0.15, -0.1) is 0 Å². The molecule has 1 aliphatic heterocycles. The van der Waals surface area contributed by atoms with Crippen molar-refractivity contribution in [1.29, 1.82) is 0 Å². The van der Waals surface area contributed by atoms with Crippen LogP contribution in [-0.2, 0) is 24.4 Å². The van der Waals surface area contributed by atoms with Crippen molar-refractivity contribution in [2.75, 3.05) is 20.2 Å². The fraction of sp³-hybridized carbons (Fsp3) is 0.300. The molecule has 0 saturated carbocycles. The molecule has 5 heteroatoms. The zero-order chi connectivity index (χ0) is 24.0. The molecule has 0 bridgehead atoms. The highest BCUT2D eigenvalue weighted by molar-refractivity contribution is 5.81. The van der Waals surface area contributed by atoms with Gasteiger partial charge < -0.3 is 14.6 Å². The van der Waals surface area contributed by atoms with Crippen LogP contribution < -0.4 is 10.1 Å². The largest absolute Gasteiger partial charge is 0.496 e. The summed E-state index contributed by atoms with van der Waals surface area (Å²) in [5.41, 5.74) is 4.92. The number of piperidine rings is 1. The van der Waals surface area contributed by atoms with Crippen LogP contribution >= 0.6 is 0 Å². The number of ether oxygens (including phenoxy) is 1. The third kappa shape index (κ3) is 5.41. The summed E-state index contributed by atoms with van der Waals surface area (Å²) in [6.45, 7) is 4.13. The number of nitrogens with zero attached hydrogens (tertiary/aromatic N) is 2. The lowest BCUT2D eigenvalue weighted by Crippen LogP contribution is -2.40. The maximum absolute atomic E-state index is 12.8. The number of carbonyl (C=O) groups excluding carboxylic acids is 1. The summed E-state index contributed by atoms with van der Waals surface area (Å²) >= 11 is 0. The van der Waals surface area contributed by atoms with Gasteiger partial charge >= 0.3 is 0 Å². The summed E-state index contributed by atoms with van der Waals surface area (Å²) in [7, 11) is 1.66. The number of benzene rings is 3. The number of amides is 1. The van der Waals surface area contributed by atoms with Gasteiger partial charge in [0, 0.05) is 42.3 Å². The molecule has 180 valence electrons. The molecule has 4 aromatic rings. The minimum atomic E-state index is 0.0659. The molecule has 1 aliphatic rings. The van der Waals surface area contributed by atoms with E-state index in [-0.39, 0.29) is 11.8 Å². The maximum atomic E-state index is 12.8. The van der Waals surface area contributed by atoms with E-state index in [2.05, 4.69) is 75.4 Å². The normalized spacial score (nSPS) is 14.8. The lowest BCUT2D eigenvalue weighted by atomic mass is 9.95. The SMILES string of the molecule is COc1ccccc1CNC(=O)C1CCN(Cc2cc3ccccc3n2Cc2ccccc2)CC1. The van der Waals surface area contributed by atoms with Crippen LogP contribution in [-0.4, -0.2) is 35.6 Å². The van der Waals surface area contributed by atoms with Crippen molar-refractivity contribution in [2.24, 2.45) is 5.92 Å². The first kappa shape index (κ1) is 23.2. The molecule has 0 aliphatic carbocycles. The number of carbonyl (C=O) groups is 1. The molecule has 5 nitrogen and oxygen atoms in total. The average molecular weight is 468 g/mol. The number of rotatable bonds is 8. The Balaban J connectivity index is 1.21. The van der Waals surface area contributed by atoms with E-state index < -0.39 is 0 Å². The number of para-hydroxylation sites is 2. The van der Waals surface area contributed by atoms with Gasteiger partial charge in [-0.25, -0.2) is 0 Å². The molecule has 2 heterocycles. The van der Waals surface area contributed by atoms with E-state index >= 15 is 0 Å². The van der Waals surface area contributed by atoms with Crippen LogP contribution in [0.5, 0.6) is 5.75 Å². The second-order valence-electron chi connectivity index (χ2n) is 9.35. The number of hydrogen-bond acceptors (Lipinski definition) is 3. The number of likely N-dealkylation sites (tertiary alicyclic amines) is 1. The van der Waals surface area contributed by atoms with Crippen LogP contribution in [0.3, 0.4) is 0 Å². The van der Waals surface area contributed by atoms with Crippen LogP contribution in [0, 0.1) is 5.92 Å². The highest BCUT2D eigenvalue weighted by Gasteiger charge is 2.25. The van der Waals surface area contributed by atoms with Crippen molar-refractivity contribution in [3.05, 3.63) is 102 Å². The quantitative estimate of drug-likeness (QED) is 0.386. The number of hydrogen-bond donors (Lipinski definition) is 1. The Morgan fingerprint density at radius 3 is 2.43 bits per heavy atom. The van der Waals surface area contributed by atoms with E-state index in [1.807, 2.05) is 24.3 Å². The summed E-state index contributed by atoms with van der Waals surface area (Å²) in [6.07, 6.45) is 1.77. The first-order valence-corrected chi connectivity index (χ1v) is 12.4. The summed E-state index contributed by atoms with van der Waals surface area (Å²) in [6, 6.07) is 29.4. The van der Waals surface area contributed by atoms with Gasteiger partial charge in [-0.3, -0.25) is 9.69 Å². The summed E-state index contributed by atoms with van der Waals surface area (Å²) in [4.78, 5) is 15.3. The van der Waals surface area contributed by atoms with Gasteiger partial charge in [0.25, 0.3) is 0 Å². The minimum absolute atomic E-state index is 0.0659. The predicted octanol–water partition coefficient (Wildman–Crippen LogP) is 5.23. The Labute approximate surface area is 207 Å². The minimum Gasteiger partial charge on any atom is -0.496 e. The zero-order valence-corrected chi connectivity index (χ0v) is 20.3. The lowest BCUT2D eigenvalue weighted by Gasteiger charge is -2.31. The molecule has 1 aromatic heterocycles. The van der Waals surface area contributed by atoms with Gasteiger partial charge in [-0.2, -0.15) is 0 Å². The van der Waals surface area contributed by atoms with E-state index in [1.165, 1.54) is 22.2 Å². The molecule has 0 atom stereocenters. The second kappa shape index (κ2) is 10.8. The van der Waals surface area contributed by atoms with Crippen LogP contribution in [0.15, 0.2) is 84.9 Å². The number of methoxy groups -OCH3 is 1. The monoisotopic (exact) mass is 467 g/mol. The van der Waals surface area contributed by atoms with Gasteiger partial charge in [-0.05, 0) is 55.1 Å². The van der Waals surface area contributed by atoms with Gasteiger partial charge in [-0.1, -0.05) is 66.7 Å². The van der Waals surface area contributed by atoms with Crippen LogP contribution in [0.4, 0.5) is 0 Å². The van der Waals surface area contributed by atoms with Crippen molar-refractivity contribution >= 4 is 16.8 Å². The summed E-state index contributed by atoms with van der Waals surface area (Å²) in [5.74, 6) is 1.03. The molecule has 1 fully saturated rings. The zero-order valence-electron chi connectivity index (χ0n) is 20.3. The Hall–Kier alpha value is -3.57. The molecule has 35 heavy (non-hydrogen) atoms. The fourth-order valence-electron chi connectivity index (χ4n) is 5.11. The third-order valence-corrected chi connectivity index (χ3v) is 7.07. The number of fused-ring (bicyclic) bond motifs is 1. The highest BCUT2D eigenvalue weighted by Crippen LogP contribution is 2.25. The smallest absolute Gasteiger partial charge is 0.223 e. The summed E-state index contributed by atoms with van der Waals surface area (Å²) < 4.78 is 7.84. The topological polar surface area (TPSA) is 46.5 Å². The molecule has 0 unspecified atom stereocenters. The van der Waals surface area contributed by atoms with E-state index in [4.69, 9.17) is 4.74 Å². The second-order valence-corrected chi connectivity index (χ2v) is 9.35. The summed E-state index contributed by atoms with van der Waals surface area (Å²) in [5, 5.41) is 4.40. The molecule has 1 N–H and O–H groups in total. The molecule has 5 rings (SSSR count). The predicted molar refractivity (Wildman–Crippen MR) is 140 cm³/mol. The van der Waals surface area contributed by atoms with Crippen molar-refractivity contribution < 1.29 is 9.53 Å². The molecule has 0 spiro atoms. The van der Waals surface area contributed by atoms with Gasteiger partial charge in [0.05, 0.1) is 7.11 Å². The maximum Gasteiger partial charge on any atom is 0.223 e. The molecular formula is C30H33N3O2. The first-order chi connectivity index (χ1) is 17.2. The number of nitrogens with one attached hydrogen (secondary N) is 1. The molecule has 1 amide bonds. The molecule has 3 aromatic carbocycles. The lowest BCUT2D eigenvalue weighted by molar-refractivity contribution is -0.126. The van der Waals surface area contributed by atoms with Crippen LogP contribution in [0.1, 0.15) is 29.7 Å². The third-order valence-electron chi connectivity index (χ3n) is 7.07. The standard InChI is InChI=1S/C30H33N3O2/c1-35-29-14-8-6-12-26(29)20-31-30(34)24-15-17-32(18-16-24)22-27-19-25-11-5-7-13-28(25)33(27)21-23-9-3-2-4-10-23/h2-14,19,24H,15-18,20-22H2,1H3,(H,31,34). The highest BCUT2D eigenvalue weighted by atomic mass is 16.5. The van der Waals surface area contributed by atoms with Crippen LogP contribution in [0.25, 0.3) is 10.9 Å². The van der Waals surface area contributed by atoms with Gasteiger partial charge in [0.2, 0.25) is 5.91 Å². The Bertz CT molecular complexity index is 1270.